The third-order valence-corrected chi connectivity index (χ3v) is 3.22. The second-order valence-corrected chi connectivity index (χ2v) is 4.14. The zero-order valence-electron chi connectivity index (χ0n) is 10.6. The first kappa shape index (κ1) is 15.9. The number of nitrogens with one attached hydrogen (secondary N) is 2. The molecule has 1 aliphatic rings. The molecule has 100 valence electrons. The van der Waals surface area contributed by atoms with Crippen LogP contribution in [0.1, 0.15) is 0 Å². The number of nitriles is 8. The lowest BCUT2D eigenvalue weighted by molar-refractivity contribution is 0.115. The summed E-state index contributed by atoms with van der Waals surface area (Å²) in [5.74, 6) is 0. The van der Waals surface area contributed by atoms with Crippen molar-refractivity contribution in [2.75, 3.05) is 0 Å². The van der Waals surface area contributed by atoms with E-state index < -0.39 is 22.2 Å². The van der Waals surface area contributed by atoms with Crippen LogP contribution >= 0.6 is 0 Å². The van der Waals surface area contributed by atoms with Crippen LogP contribution in [0, 0.1) is 96.1 Å². The predicted molar refractivity (Wildman–Crippen MR) is 61.8 cm³/mol. The highest BCUT2D eigenvalue weighted by molar-refractivity contribution is 5.56. The SMILES string of the molecule is N#CC1(C#N)NC(C#N)(C#N)C(C#N)(C#N)C(C#N)(C#N)N1. The Morgan fingerprint density at radius 1 is 0.455 bits per heavy atom. The van der Waals surface area contributed by atoms with Crippen molar-refractivity contribution in [2.45, 2.75) is 16.7 Å². The maximum absolute atomic E-state index is 9.33. The molecule has 22 heavy (non-hydrogen) atoms. The summed E-state index contributed by atoms with van der Waals surface area (Å²) in [6, 6.07) is 10.9. The normalized spacial score (nSPS) is 21.5. The minimum atomic E-state index is -2.82. The Morgan fingerprint density at radius 2 is 0.773 bits per heavy atom. The van der Waals surface area contributed by atoms with E-state index in [-0.39, 0.29) is 0 Å². The van der Waals surface area contributed by atoms with Crippen molar-refractivity contribution in [3.05, 3.63) is 0 Å². The lowest BCUT2D eigenvalue weighted by Crippen LogP contribution is -2.83. The number of nitrogens with zero attached hydrogens (tertiary/aromatic N) is 8. The topological polar surface area (TPSA) is 214 Å². The number of rotatable bonds is 0. The van der Waals surface area contributed by atoms with Crippen LogP contribution in [0.4, 0.5) is 0 Å². The summed E-state index contributed by atoms with van der Waals surface area (Å²) in [5.41, 5.74) is -10.8. The highest BCUT2D eigenvalue weighted by atomic mass is 15.3. The first-order valence-electron chi connectivity index (χ1n) is 5.29. The monoisotopic (exact) mass is 286 g/mol. The van der Waals surface area contributed by atoms with Gasteiger partial charge in [-0.2, -0.15) is 42.1 Å². The summed E-state index contributed by atoms with van der Waals surface area (Å²) in [6.07, 6.45) is 0. The van der Waals surface area contributed by atoms with E-state index in [1.54, 1.807) is 0 Å². The van der Waals surface area contributed by atoms with Gasteiger partial charge in [0.2, 0.25) is 16.5 Å². The fourth-order valence-corrected chi connectivity index (χ4v) is 2.06. The lowest BCUT2D eigenvalue weighted by Gasteiger charge is -2.48. The molecule has 0 atom stereocenters. The molecule has 1 heterocycles. The van der Waals surface area contributed by atoms with Crippen LogP contribution in [-0.4, -0.2) is 16.7 Å². The van der Waals surface area contributed by atoms with Gasteiger partial charge in [0.1, 0.15) is 36.4 Å². The molecule has 1 aliphatic heterocycles. The van der Waals surface area contributed by atoms with Crippen molar-refractivity contribution in [1.29, 1.82) is 42.1 Å². The van der Waals surface area contributed by atoms with Crippen molar-refractivity contribution in [2.24, 2.45) is 5.41 Å². The molecule has 2 N–H and O–H groups in total. The van der Waals surface area contributed by atoms with E-state index in [1.807, 2.05) is 10.6 Å². The minimum Gasteiger partial charge on any atom is -0.242 e. The van der Waals surface area contributed by atoms with Gasteiger partial charge in [-0.05, 0) is 0 Å². The van der Waals surface area contributed by atoms with Crippen LogP contribution < -0.4 is 10.6 Å². The number of hydrogen-bond acceptors (Lipinski definition) is 10. The molecular formula is C12H2N10. The molecule has 0 spiro atoms. The van der Waals surface area contributed by atoms with E-state index in [0.29, 0.717) is 0 Å². The van der Waals surface area contributed by atoms with Crippen molar-refractivity contribution >= 4 is 0 Å². The van der Waals surface area contributed by atoms with Gasteiger partial charge in [-0.25, -0.2) is 10.6 Å². The van der Waals surface area contributed by atoms with Crippen LogP contribution in [0.5, 0.6) is 0 Å². The maximum atomic E-state index is 9.33. The van der Waals surface area contributed by atoms with Crippen LogP contribution in [0.2, 0.25) is 0 Å². The largest absolute Gasteiger partial charge is 0.251 e. The highest BCUT2D eigenvalue weighted by Crippen LogP contribution is 2.45. The Labute approximate surface area is 124 Å². The van der Waals surface area contributed by atoms with Crippen LogP contribution in [0.15, 0.2) is 0 Å². The third kappa shape index (κ3) is 1.40. The molecule has 0 unspecified atom stereocenters. The molecule has 0 amide bonds. The fourth-order valence-electron chi connectivity index (χ4n) is 2.06. The average Bonchev–Trinajstić information content (AvgIpc) is 2.60. The Bertz CT molecular complexity index is 755. The second kappa shape index (κ2) is 4.75. The van der Waals surface area contributed by atoms with Gasteiger partial charge in [0.05, 0.1) is 12.1 Å². The summed E-state index contributed by atoms with van der Waals surface area (Å²) < 4.78 is 0. The fraction of sp³-hybridized carbons (Fsp3) is 0.333. The summed E-state index contributed by atoms with van der Waals surface area (Å²) in [7, 11) is 0. The lowest BCUT2D eigenvalue weighted by atomic mass is 9.58. The molecule has 1 rings (SSSR count). The summed E-state index contributed by atoms with van der Waals surface area (Å²) in [5, 5.41) is 78.0. The predicted octanol–water partition coefficient (Wildman–Crippen LogP) is -1.47. The van der Waals surface area contributed by atoms with Crippen molar-refractivity contribution < 1.29 is 0 Å². The first-order valence-corrected chi connectivity index (χ1v) is 5.29. The molecule has 1 saturated heterocycles. The van der Waals surface area contributed by atoms with Gasteiger partial charge in [0, 0.05) is 0 Å². The molecule has 0 bridgehead atoms. The molecule has 10 nitrogen and oxygen atoms in total. The van der Waals surface area contributed by atoms with Crippen LogP contribution in [0.3, 0.4) is 0 Å². The van der Waals surface area contributed by atoms with Crippen molar-refractivity contribution in [3.63, 3.8) is 0 Å². The molecule has 0 saturated carbocycles. The van der Waals surface area contributed by atoms with Gasteiger partial charge in [-0.1, -0.05) is 0 Å². The smallest absolute Gasteiger partial charge is 0.242 e. The van der Waals surface area contributed by atoms with Gasteiger partial charge in [0.15, 0.2) is 0 Å². The summed E-state index contributed by atoms with van der Waals surface area (Å²) >= 11 is 0. The zero-order valence-corrected chi connectivity index (χ0v) is 10.6. The second-order valence-electron chi connectivity index (χ2n) is 4.14. The van der Waals surface area contributed by atoms with E-state index in [1.165, 1.54) is 48.6 Å². The van der Waals surface area contributed by atoms with E-state index in [9.17, 15) is 31.6 Å². The van der Waals surface area contributed by atoms with E-state index in [2.05, 4.69) is 0 Å². The molecule has 0 aromatic carbocycles. The molecular weight excluding hydrogens is 284 g/mol. The van der Waals surface area contributed by atoms with Gasteiger partial charge in [-0.3, -0.25) is 0 Å². The third-order valence-electron chi connectivity index (χ3n) is 3.22. The van der Waals surface area contributed by atoms with Crippen molar-refractivity contribution in [1.82, 2.24) is 10.6 Å². The van der Waals surface area contributed by atoms with E-state index in [4.69, 9.17) is 10.5 Å². The first-order chi connectivity index (χ1) is 10.4. The van der Waals surface area contributed by atoms with Gasteiger partial charge in [0.25, 0.3) is 5.66 Å². The minimum absolute atomic E-state index is 1.34. The van der Waals surface area contributed by atoms with Gasteiger partial charge < -0.3 is 0 Å². The highest BCUT2D eigenvalue weighted by Gasteiger charge is 2.75. The van der Waals surface area contributed by atoms with Crippen molar-refractivity contribution in [3.8, 4) is 48.6 Å². The standard InChI is InChI=1S/C12H2N10/c13-1-9(2-14)10(3-15,4-16)21-12(7-19,8-20)22-11(9,5-17)6-18/h21-22H. The van der Waals surface area contributed by atoms with Gasteiger partial charge in [-0.15, -0.1) is 0 Å². The van der Waals surface area contributed by atoms with Crippen LogP contribution in [-0.2, 0) is 0 Å². The molecule has 0 aromatic heterocycles. The summed E-state index contributed by atoms with van der Waals surface area (Å²) in [4.78, 5) is 0. The van der Waals surface area contributed by atoms with Gasteiger partial charge >= 0.3 is 0 Å². The Balaban J connectivity index is 4.05. The number of hydrogen-bond donors (Lipinski definition) is 2. The quantitative estimate of drug-likeness (QED) is 0.526. The average molecular weight is 286 g/mol. The molecule has 0 aliphatic carbocycles. The Kier molecular flexibility index (Phi) is 3.43. The Morgan fingerprint density at radius 3 is 0.955 bits per heavy atom. The summed E-state index contributed by atoms with van der Waals surface area (Å²) in [6.45, 7) is 0. The molecule has 0 aromatic rings. The van der Waals surface area contributed by atoms with E-state index >= 15 is 0 Å². The molecule has 1 fully saturated rings. The molecule has 0 radical (unpaired) electrons. The Hall–Kier alpha value is -4.16. The van der Waals surface area contributed by atoms with Crippen LogP contribution in [0.25, 0.3) is 0 Å². The van der Waals surface area contributed by atoms with E-state index in [0.717, 1.165) is 0 Å². The maximum Gasteiger partial charge on any atom is 0.251 e. The zero-order chi connectivity index (χ0) is 17.1. The molecule has 10 heteroatoms.